The zero-order chi connectivity index (χ0) is 34.8. The predicted molar refractivity (Wildman–Crippen MR) is 196 cm³/mol. The molecule has 1 unspecified atom stereocenters. The molecular weight excluding hydrogens is 655 g/mol. The normalized spacial score (nSPS) is 13.9. The number of carbonyl (C=O) groups is 2. The van der Waals surface area contributed by atoms with Gasteiger partial charge in [0.05, 0.1) is 17.2 Å². The molecule has 49 heavy (non-hydrogen) atoms. The standard InChI is InChI=1S/C39H45N3O5S2/c1-4-47-34-20-18-33(19-21-34)42(49(45,46)36-24-22-35(48-3)23-25-36)28-38(43)41(27-31-15-9-8-12-29(31)2)37(26-30-13-6-5-7-14-30)39(44)40-32-16-10-11-17-32/h5-9,12-15,18-25,32,37H,4,10-11,16-17,26-28H2,1-3H3,(H,40,44). The monoisotopic (exact) mass is 699 g/mol. The van der Waals surface area contributed by atoms with Crippen LogP contribution in [0.5, 0.6) is 5.75 Å². The summed E-state index contributed by atoms with van der Waals surface area (Å²) in [5, 5.41) is 3.22. The van der Waals surface area contributed by atoms with Crippen molar-refractivity contribution in [1.82, 2.24) is 10.2 Å². The maximum Gasteiger partial charge on any atom is 0.264 e. The van der Waals surface area contributed by atoms with E-state index in [0.29, 0.717) is 18.0 Å². The van der Waals surface area contributed by atoms with Gasteiger partial charge in [-0.3, -0.25) is 13.9 Å². The van der Waals surface area contributed by atoms with Gasteiger partial charge in [0.15, 0.2) is 0 Å². The number of ether oxygens (including phenoxy) is 1. The summed E-state index contributed by atoms with van der Waals surface area (Å²) in [6, 6.07) is 29.9. The van der Waals surface area contributed by atoms with Crippen LogP contribution in [0, 0.1) is 6.92 Å². The topological polar surface area (TPSA) is 96.0 Å². The first-order valence-electron chi connectivity index (χ1n) is 16.8. The summed E-state index contributed by atoms with van der Waals surface area (Å²) in [7, 11) is -4.20. The van der Waals surface area contributed by atoms with E-state index in [0.717, 1.165) is 51.6 Å². The fourth-order valence-corrected chi connectivity index (χ4v) is 7.99. The Labute approximate surface area is 294 Å². The maximum absolute atomic E-state index is 14.8. The lowest BCUT2D eigenvalue weighted by molar-refractivity contribution is -0.140. The van der Waals surface area contributed by atoms with Crippen LogP contribution < -0.4 is 14.4 Å². The Kier molecular flexibility index (Phi) is 12.4. The van der Waals surface area contributed by atoms with Crippen LogP contribution in [0.1, 0.15) is 49.3 Å². The zero-order valence-corrected chi connectivity index (χ0v) is 30.0. The summed E-state index contributed by atoms with van der Waals surface area (Å²) in [5.41, 5.74) is 3.07. The molecule has 1 saturated carbocycles. The molecule has 1 aliphatic rings. The second-order valence-corrected chi connectivity index (χ2v) is 15.0. The van der Waals surface area contributed by atoms with Crippen molar-refractivity contribution in [2.24, 2.45) is 0 Å². The van der Waals surface area contributed by atoms with E-state index < -0.39 is 28.5 Å². The molecule has 0 heterocycles. The largest absolute Gasteiger partial charge is 0.494 e. The van der Waals surface area contributed by atoms with Gasteiger partial charge in [0.2, 0.25) is 11.8 Å². The molecule has 0 saturated heterocycles. The van der Waals surface area contributed by atoms with Gasteiger partial charge in [0.1, 0.15) is 18.3 Å². The van der Waals surface area contributed by atoms with Crippen LogP contribution >= 0.6 is 11.8 Å². The first-order chi connectivity index (χ1) is 23.7. The van der Waals surface area contributed by atoms with Gasteiger partial charge in [-0.2, -0.15) is 0 Å². The molecule has 0 bridgehead atoms. The minimum absolute atomic E-state index is 0.0474. The van der Waals surface area contributed by atoms with E-state index in [9.17, 15) is 18.0 Å². The number of aryl methyl sites for hydroxylation is 1. The Hall–Kier alpha value is -4.28. The Balaban J connectivity index is 1.57. The third-order valence-electron chi connectivity index (χ3n) is 8.94. The van der Waals surface area contributed by atoms with Crippen molar-refractivity contribution in [3.05, 3.63) is 120 Å². The smallest absolute Gasteiger partial charge is 0.264 e. The number of nitrogens with one attached hydrogen (secondary N) is 1. The molecule has 0 aromatic heterocycles. The van der Waals surface area contributed by atoms with E-state index in [4.69, 9.17) is 4.74 Å². The van der Waals surface area contributed by atoms with E-state index in [2.05, 4.69) is 5.32 Å². The Morgan fingerprint density at radius 1 is 0.898 bits per heavy atom. The number of thioether (sulfide) groups is 1. The lowest BCUT2D eigenvalue weighted by atomic mass is 10.0. The number of rotatable bonds is 15. The molecule has 10 heteroatoms. The van der Waals surface area contributed by atoms with Gasteiger partial charge in [-0.25, -0.2) is 8.42 Å². The molecule has 1 fully saturated rings. The van der Waals surface area contributed by atoms with Crippen LogP contribution in [0.25, 0.3) is 0 Å². The summed E-state index contributed by atoms with van der Waals surface area (Å²) < 4.78 is 35.5. The molecule has 1 aliphatic carbocycles. The Morgan fingerprint density at radius 2 is 1.55 bits per heavy atom. The average molecular weight is 700 g/mol. The van der Waals surface area contributed by atoms with E-state index in [1.165, 1.54) is 11.8 Å². The molecular formula is C39H45N3O5S2. The van der Waals surface area contributed by atoms with Gasteiger partial charge in [0, 0.05) is 23.9 Å². The van der Waals surface area contributed by atoms with Crippen LogP contribution in [0.2, 0.25) is 0 Å². The van der Waals surface area contributed by atoms with Crippen LogP contribution in [-0.2, 0) is 32.6 Å². The van der Waals surface area contributed by atoms with Gasteiger partial charge < -0.3 is 15.0 Å². The minimum atomic E-state index is -4.20. The quantitative estimate of drug-likeness (QED) is 0.134. The SMILES string of the molecule is CCOc1ccc(N(CC(=O)N(Cc2ccccc2C)C(Cc2ccccc2)C(=O)NC2CCCC2)S(=O)(=O)c2ccc(SC)cc2)cc1. The molecule has 4 aromatic rings. The second-order valence-electron chi connectivity index (χ2n) is 12.3. The van der Waals surface area contributed by atoms with Crippen molar-refractivity contribution in [2.45, 2.75) is 74.4 Å². The number of benzene rings is 4. The van der Waals surface area contributed by atoms with Gasteiger partial charge >= 0.3 is 0 Å². The van der Waals surface area contributed by atoms with E-state index >= 15 is 0 Å². The summed E-state index contributed by atoms with van der Waals surface area (Å²) in [4.78, 5) is 31.5. The molecule has 0 aliphatic heterocycles. The number of amides is 2. The van der Waals surface area contributed by atoms with Crippen LogP contribution in [0.4, 0.5) is 5.69 Å². The Bertz CT molecular complexity index is 1790. The highest BCUT2D eigenvalue weighted by Crippen LogP contribution is 2.29. The maximum atomic E-state index is 14.8. The number of sulfonamides is 1. The number of anilines is 1. The molecule has 1 N–H and O–H groups in total. The third kappa shape index (κ3) is 9.25. The van der Waals surface area contributed by atoms with Gasteiger partial charge in [-0.05, 0) is 98.2 Å². The summed E-state index contributed by atoms with van der Waals surface area (Å²) in [6.45, 7) is 3.94. The van der Waals surface area contributed by atoms with Crippen molar-refractivity contribution < 1.29 is 22.7 Å². The van der Waals surface area contributed by atoms with Gasteiger partial charge in [-0.1, -0.05) is 67.4 Å². The molecule has 0 radical (unpaired) electrons. The third-order valence-corrected chi connectivity index (χ3v) is 11.5. The predicted octanol–water partition coefficient (Wildman–Crippen LogP) is 7.01. The Morgan fingerprint density at radius 3 is 2.18 bits per heavy atom. The highest BCUT2D eigenvalue weighted by atomic mass is 32.2. The highest BCUT2D eigenvalue weighted by molar-refractivity contribution is 7.98. The number of nitrogens with zero attached hydrogens (tertiary/aromatic N) is 2. The number of hydrogen-bond donors (Lipinski definition) is 1. The summed E-state index contributed by atoms with van der Waals surface area (Å²) in [6.07, 6.45) is 6.10. The van der Waals surface area contributed by atoms with Crippen LogP contribution in [0.15, 0.2) is 113 Å². The van der Waals surface area contributed by atoms with Crippen LogP contribution in [0.3, 0.4) is 0 Å². The second kappa shape index (κ2) is 16.9. The van der Waals surface area contributed by atoms with Crippen molar-refractivity contribution >= 4 is 39.3 Å². The average Bonchev–Trinajstić information content (AvgIpc) is 3.63. The van der Waals surface area contributed by atoms with E-state index in [1.807, 2.05) is 74.7 Å². The van der Waals surface area contributed by atoms with Crippen LogP contribution in [-0.4, -0.2) is 56.6 Å². The molecule has 0 spiro atoms. The zero-order valence-electron chi connectivity index (χ0n) is 28.4. The fraction of sp³-hybridized carbons (Fsp3) is 0.333. The lowest BCUT2D eigenvalue weighted by Crippen LogP contribution is -2.54. The van der Waals surface area contributed by atoms with Crippen molar-refractivity contribution in [3.63, 3.8) is 0 Å². The fourth-order valence-electron chi connectivity index (χ4n) is 6.17. The van der Waals surface area contributed by atoms with Crippen molar-refractivity contribution in [2.75, 3.05) is 23.7 Å². The van der Waals surface area contributed by atoms with Gasteiger partial charge in [0.25, 0.3) is 10.0 Å². The molecule has 1 atom stereocenters. The molecule has 5 rings (SSSR count). The first kappa shape index (κ1) is 36.0. The summed E-state index contributed by atoms with van der Waals surface area (Å²) >= 11 is 1.51. The minimum Gasteiger partial charge on any atom is -0.494 e. The van der Waals surface area contributed by atoms with E-state index in [1.54, 1.807) is 53.4 Å². The molecule has 258 valence electrons. The van der Waals surface area contributed by atoms with Gasteiger partial charge in [-0.15, -0.1) is 11.8 Å². The molecule has 4 aromatic carbocycles. The highest BCUT2D eigenvalue weighted by Gasteiger charge is 2.35. The number of hydrogen-bond acceptors (Lipinski definition) is 6. The molecule has 8 nitrogen and oxygen atoms in total. The van der Waals surface area contributed by atoms with Crippen molar-refractivity contribution in [3.8, 4) is 5.75 Å². The lowest BCUT2D eigenvalue weighted by Gasteiger charge is -2.34. The number of carbonyl (C=O) groups excluding carboxylic acids is 2. The van der Waals surface area contributed by atoms with Crippen molar-refractivity contribution in [1.29, 1.82) is 0 Å². The first-order valence-corrected chi connectivity index (χ1v) is 19.4. The summed E-state index contributed by atoms with van der Waals surface area (Å²) in [5.74, 6) is -0.128. The van der Waals surface area contributed by atoms with E-state index in [-0.39, 0.29) is 29.8 Å². The molecule has 2 amide bonds.